The maximum Gasteiger partial charge on any atom is 0.492 e. The summed E-state index contributed by atoms with van der Waals surface area (Å²) in [6, 6.07) is 13.2. The Kier molecular flexibility index (Phi) is 7.79. The number of hydrogen-bond donors (Lipinski definition) is 2. The summed E-state index contributed by atoms with van der Waals surface area (Å²) in [5.41, 5.74) is 0.924. The second-order valence-corrected chi connectivity index (χ2v) is 9.14. The molecule has 2 N–H and O–H groups in total. The second kappa shape index (κ2) is 10.4. The largest absolute Gasteiger partial charge is 0.492 e. The van der Waals surface area contributed by atoms with Gasteiger partial charge in [0.15, 0.2) is 0 Å². The van der Waals surface area contributed by atoms with Crippen molar-refractivity contribution in [1.29, 1.82) is 0 Å². The molecule has 34 heavy (non-hydrogen) atoms. The number of halogens is 1. The highest BCUT2D eigenvalue weighted by atomic mass is 19.1. The first kappa shape index (κ1) is 25.5. The number of nitrogens with one attached hydrogen (secondary N) is 1. The maximum atomic E-state index is 13.8. The van der Waals surface area contributed by atoms with Crippen LogP contribution in [0.25, 0.3) is 6.08 Å². The van der Waals surface area contributed by atoms with E-state index in [2.05, 4.69) is 5.32 Å². The second-order valence-electron chi connectivity index (χ2n) is 9.14. The molecule has 0 spiro atoms. The van der Waals surface area contributed by atoms with Crippen LogP contribution in [0.2, 0.25) is 0 Å². The Balaban J connectivity index is 1.82. The van der Waals surface area contributed by atoms with Crippen LogP contribution in [0.3, 0.4) is 0 Å². The number of benzene rings is 2. The number of rotatable bonds is 8. The zero-order valence-electron chi connectivity index (χ0n) is 19.8. The molecule has 9 heteroatoms. The summed E-state index contributed by atoms with van der Waals surface area (Å²) in [4.78, 5) is 23.6. The molecule has 3 rings (SSSR count). The number of ether oxygens (including phenoxy) is 1. The molecular formula is C25H29BFNO6. The minimum absolute atomic E-state index is 0.0222. The monoisotopic (exact) mass is 469 g/mol. The predicted molar refractivity (Wildman–Crippen MR) is 126 cm³/mol. The normalized spacial score (nSPS) is 16.9. The first-order chi connectivity index (χ1) is 16.0. The molecule has 1 aliphatic heterocycles. The summed E-state index contributed by atoms with van der Waals surface area (Å²) in [6.45, 7) is 7.75. The highest BCUT2D eigenvalue weighted by Crippen LogP contribution is 2.38. The fourth-order valence-corrected chi connectivity index (χ4v) is 3.38. The van der Waals surface area contributed by atoms with Gasteiger partial charge in [-0.1, -0.05) is 42.5 Å². The third kappa shape index (κ3) is 6.45. The van der Waals surface area contributed by atoms with E-state index in [9.17, 15) is 19.1 Å². The standard InChI is InChI=1S/C25H29BFNO6/c1-24(2)25(3,4)34-26(33-24)20(12-18-10-11-21(27)13-19(18)14-22(29)30)15-28-23(31)32-16-17-8-6-5-7-9-17/h5-13H,14-16H2,1-4H3,(H,28,31)(H,29,30). The lowest BCUT2D eigenvalue weighted by Crippen LogP contribution is -2.41. The summed E-state index contributed by atoms with van der Waals surface area (Å²) in [7, 11) is -0.804. The van der Waals surface area contributed by atoms with Gasteiger partial charge in [0.2, 0.25) is 0 Å². The van der Waals surface area contributed by atoms with Crippen molar-refractivity contribution in [2.24, 2.45) is 0 Å². The molecule has 2 aromatic carbocycles. The van der Waals surface area contributed by atoms with Crippen molar-refractivity contribution in [2.75, 3.05) is 6.54 Å². The lowest BCUT2D eigenvalue weighted by atomic mass is 9.76. The molecule has 1 heterocycles. The zero-order chi connectivity index (χ0) is 24.9. The summed E-state index contributed by atoms with van der Waals surface area (Å²) in [6.07, 6.45) is 0.681. The van der Waals surface area contributed by atoms with Crippen LogP contribution in [0.4, 0.5) is 9.18 Å². The Morgan fingerprint density at radius 2 is 1.74 bits per heavy atom. The molecule has 2 aromatic rings. The Hall–Kier alpha value is -3.17. The molecule has 0 saturated carbocycles. The van der Waals surface area contributed by atoms with Crippen LogP contribution in [0, 0.1) is 5.82 Å². The van der Waals surface area contributed by atoms with E-state index in [-0.39, 0.29) is 19.6 Å². The predicted octanol–water partition coefficient (Wildman–Crippen LogP) is 4.39. The summed E-state index contributed by atoms with van der Waals surface area (Å²) in [5, 5.41) is 11.9. The molecule has 1 amide bonds. The van der Waals surface area contributed by atoms with E-state index in [1.165, 1.54) is 18.2 Å². The SMILES string of the molecule is CC1(C)OB(C(=Cc2ccc(F)cc2CC(=O)O)CNC(=O)OCc2ccccc2)OC1(C)C. The minimum atomic E-state index is -1.08. The van der Waals surface area contributed by atoms with Crippen molar-refractivity contribution < 1.29 is 33.1 Å². The van der Waals surface area contributed by atoms with Crippen LogP contribution in [0.5, 0.6) is 0 Å². The number of carboxylic acids is 1. The Labute approximate surface area is 199 Å². The summed E-state index contributed by atoms with van der Waals surface area (Å²) >= 11 is 0. The topological polar surface area (TPSA) is 94.1 Å². The number of carboxylic acid groups (broad SMARTS) is 1. The van der Waals surface area contributed by atoms with E-state index in [1.807, 2.05) is 58.0 Å². The van der Waals surface area contributed by atoms with Crippen molar-refractivity contribution in [3.8, 4) is 0 Å². The molecule has 0 atom stereocenters. The van der Waals surface area contributed by atoms with Gasteiger partial charge in [0.05, 0.1) is 17.6 Å². The fourth-order valence-electron chi connectivity index (χ4n) is 3.38. The molecular weight excluding hydrogens is 440 g/mol. The number of carbonyl (C=O) groups is 2. The quantitative estimate of drug-likeness (QED) is 0.557. The average molecular weight is 469 g/mol. The Bertz CT molecular complexity index is 1050. The van der Waals surface area contributed by atoms with Gasteiger partial charge < -0.3 is 24.5 Å². The van der Waals surface area contributed by atoms with Crippen LogP contribution < -0.4 is 5.32 Å². The molecule has 0 radical (unpaired) electrons. The van der Waals surface area contributed by atoms with Crippen LogP contribution in [0.1, 0.15) is 44.4 Å². The van der Waals surface area contributed by atoms with Gasteiger partial charge in [0, 0.05) is 6.54 Å². The smallest absolute Gasteiger partial charge is 0.481 e. The highest BCUT2D eigenvalue weighted by molar-refractivity contribution is 6.56. The first-order valence-electron chi connectivity index (χ1n) is 11.0. The zero-order valence-corrected chi connectivity index (χ0v) is 19.8. The molecule has 1 aliphatic rings. The molecule has 0 bridgehead atoms. The van der Waals surface area contributed by atoms with Gasteiger partial charge in [-0.05, 0) is 62.0 Å². The maximum absolute atomic E-state index is 13.8. The molecule has 7 nitrogen and oxygen atoms in total. The van der Waals surface area contributed by atoms with Crippen molar-refractivity contribution in [1.82, 2.24) is 5.32 Å². The lowest BCUT2D eigenvalue weighted by molar-refractivity contribution is -0.136. The molecule has 0 aromatic heterocycles. The van der Waals surface area contributed by atoms with Crippen molar-refractivity contribution >= 4 is 25.3 Å². The van der Waals surface area contributed by atoms with E-state index in [1.54, 1.807) is 6.08 Å². The van der Waals surface area contributed by atoms with Crippen molar-refractivity contribution in [2.45, 2.75) is 51.9 Å². The molecule has 0 aliphatic carbocycles. The van der Waals surface area contributed by atoms with Crippen LogP contribution in [-0.2, 0) is 31.9 Å². The molecule has 0 unspecified atom stereocenters. The van der Waals surface area contributed by atoms with Crippen LogP contribution >= 0.6 is 0 Å². The third-order valence-corrected chi connectivity index (χ3v) is 5.99. The van der Waals surface area contributed by atoms with Gasteiger partial charge in [0.1, 0.15) is 12.4 Å². The minimum Gasteiger partial charge on any atom is -0.481 e. The van der Waals surface area contributed by atoms with E-state index in [0.29, 0.717) is 16.6 Å². The molecule has 180 valence electrons. The van der Waals surface area contributed by atoms with Crippen molar-refractivity contribution in [3.63, 3.8) is 0 Å². The van der Waals surface area contributed by atoms with Crippen LogP contribution in [-0.4, -0.2) is 42.0 Å². The lowest BCUT2D eigenvalue weighted by Gasteiger charge is -2.32. The van der Waals surface area contributed by atoms with E-state index >= 15 is 0 Å². The summed E-state index contributed by atoms with van der Waals surface area (Å²) < 4.78 is 31.3. The Morgan fingerprint density at radius 1 is 1.09 bits per heavy atom. The van der Waals surface area contributed by atoms with Gasteiger partial charge in [0.25, 0.3) is 0 Å². The fraction of sp³-hybridized carbons (Fsp3) is 0.360. The third-order valence-electron chi connectivity index (χ3n) is 5.99. The van der Waals surface area contributed by atoms with Gasteiger partial charge in [-0.15, -0.1) is 0 Å². The number of hydrogen-bond acceptors (Lipinski definition) is 5. The van der Waals surface area contributed by atoms with E-state index < -0.39 is 36.2 Å². The van der Waals surface area contributed by atoms with Gasteiger partial charge in [-0.2, -0.15) is 0 Å². The highest BCUT2D eigenvalue weighted by Gasteiger charge is 2.52. The summed E-state index contributed by atoms with van der Waals surface area (Å²) in [5.74, 6) is -1.62. The molecule has 1 fully saturated rings. The molecule has 1 saturated heterocycles. The van der Waals surface area contributed by atoms with Gasteiger partial charge in [-0.3, -0.25) is 4.79 Å². The number of alkyl carbamates (subject to hydrolysis) is 1. The van der Waals surface area contributed by atoms with Gasteiger partial charge in [-0.25, -0.2) is 9.18 Å². The number of aliphatic carboxylic acids is 1. The number of amides is 1. The van der Waals surface area contributed by atoms with E-state index in [0.717, 1.165) is 5.56 Å². The van der Waals surface area contributed by atoms with Gasteiger partial charge >= 0.3 is 19.2 Å². The van der Waals surface area contributed by atoms with Crippen molar-refractivity contribution in [3.05, 3.63) is 76.5 Å². The first-order valence-corrected chi connectivity index (χ1v) is 11.0. The van der Waals surface area contributed by atoms with E-state index in [4.69, 9.17) is 14.0 Å². The Morgan fingerprint density at radius 3 is 2.35 bits per heavy atom. The van der Waals surface area contributed by atoms with Crippen LogP contribution in [0.15, 0.2) is 54.0 Å². The number of carbonyl (C=O) groups excluding carboxylic acids is 1. The average Bonchev–Trinajstić information content (AvgIpc) is 2.98.